The van der Waals surface area contributed by atoms with E-state index in [4.69, 9.17) is 0 Å². The van der Waals surface area contributed by atoms with Crippen molar-refractivity contribution in [3.8, 4) is 0 Å². The Kier molecular flexibility index (Phi) is 3.73. The Hall–Kier alpha value is -1.26. The van der Waals surface area contributed by atoms with Crippen LogP contribution in [0.4, 0.5) is 4.79 Å². The summed E-state index contributed by atoms with van der Waals surface area (Å²) < 4.78 is 0. The maximum atomic E-state index is 11.4. The number of nitrogens with one attached hydrogen (secondary N) is 2. The number of nitrogens with zero attached hydrogens (tertiary/aromatic N) is 1. The number of amides is 3. The van der Waals surface area contributed by atoms with Gasteiger partial charge in [-0.1, -0.05) is 0 Å². The summed E-state index contributed by atoms with van der Waals surface area (Å²) >= 11 is 0. The molecule has 0 aliphatic carbocycles. The fourth-order valence-electron chi connectivity index (χ4n) is 1.55. The van der Waals surface area contributed by atoms with Gasteiger partial charge in [0.15, 0.2) is 0 Å². The van der Waals surface area contributed by atoms with E-state index in [9.17, 15) is 9.59 Å². The van der Waals surface area contributed by atoms with E-state index in [-0.39, 0.29) is 18.0 Å². The van der Waals surface area contributed by atoms with Gasteiger partial charge in [0.1, 0.15) is 0 Å². The highest BCUT2D eigenvalue weighted by molar-refractivity contribution is 5.79. The van der Waals surface area contributed by atoms with Crippen LogP contribution in [-0.2, 0) is 4.79 Å². The van der Waals surface area contributed by atoms with Crippen molar-refractivity contribution >= 4 is 11.9 Å². The van der Waals surface area contributed by atoms with Crippen LogP contribution in [-0.4, -0.2) is 43.0 Å². The number of urea groups is 1. The molecule has 3 amide bonds. The van der Waals surface area contributed by atoms with E-state index >= 15 is 0 Å². The molecule has 14 heavy (non-hydrogen) atoms. The molecule has 1 saturated heterocycles. The van der Waals surface area contributed by atoms with Crippen molar-refractivity contribution in [2.45, 2.75) is 25.8 Å². The summed E-state index contributed by atoms with van der Waals surface area (Å²) in [6.07, 6.45) is 1.31. The largest absolute Gasteiger partial charge is 0.359 e. The van der Waals surface area contributed by atoms with Crippen LogP contribution in [0.15, 0.2) is 0 Å². The molecule has 1 heterocycles. The first kappa shape index (κ1) is 10.8. The Morgan fingerprint density at radius 1 is 1.71 bits per heavy atom. The fraction of sp³-hybridized carbons (Fsp3) is 0.778. The number of hydrogen-bond donors (Lipinski definition) is 2. The minimum absolute atomic E-state index is 0.0316. The third kappa shape index (κ3) is 2.61. The van der Waals surface area contributed by atoms with Gasteiger partial charge < -0.3 is 15.5 Å². The summed E-state index contributed by atoms with van der Waals surface area (Å²) in [6.45, 7) is 3.37. The lowest BCUT2D eigenvalue weighted by Crippen LogP contribution is -2.51. The summed E-state index contributed by atoms with van der Waals surface area (Å²) in [6, 6.07) is -0.0945. The highest BCUT2D eigenvalue weighted by Gasteiger charge is 2.23. The van der Waals surface area contributed by atoms with Crippen LogP contribution in [0.5, 0.6) is 0 Å². The van der Waals surface area contributed by atoms with Crippen LogP contribution >= 0.6 is 0 Å². The van der Waals surface area contributed by atoms with Crippen molar-refractivity contribution in [1.82, 2.24) is 15.5 Å². The molecule has 1 rings (SSSR count). The predicted octanol–water partition coefficient (Wildman–Crippen LogP) is -0.0737. The average molecular weight is 199 g/mol. The van der Waals surface area contributed by atoms with Crippen molar-refractivity contribution < 1.29 is 9.59 Å². The molecule has 0 aromatic rings. The Morgan fingerprint density at radius 2 is 2.43 bits per heavy atom. The lowest BCUT2D eigenvalue weighted by molar-refractivity contribution is -0.121. The first-order valence-electron chi connectivity index (χ1n) is 4.90. The Balaban J connectivity index is 2.45. The smallest absolute Gasteiger partial charge is 0.317 e. The van der Waals surface area contributed by atoms with E-state index in [0.717, 1.165) is 19.5 Å². The molecule has 0 aromatic carbocycles. The molecule has 5 nitrogen and oxygen atoms in total. The van der Waals surface area contributed by atoms with Gasteiger partial charge in [-0.25, -0.2) is 4.79 Å². The molecule has 0 saturated carbocycles. The van der Waals surface area contributed by atoms with E-state index in [2.05, 4.69) is 10.6 Å². The SMILES string of the molecule is CNC(=O)CC(C)N1CCCNC1=O. The monoisotopic (exact) mass is 199 g/mol. The van der Waals surface area contributed by atoms with E-state index in [1.807, 2.05) is 6.92 Å². The summed E-state index contributed by atoms with van der Waals surface area (Å²) in [7, 11) is 1.60. The molecule has 0 bridgehead atoms. The molecule has 0 radical (unpaired) electrons. The molecule has 0 aromatic heterocycles. The van der Waals surface area contributed by atoms with E-state index in [1.165, 1.54) is 0 Å². The third-order valence-electron chi connectivity index (χ3n) is 2.40. The topological polar surface area (TPSA) is 61.4 Å². The molecular formula is C9H17N3O2. The van der Waals surface area contributed by atoms with Gasteiger partial charge in [-0.2, -0.15) is 0 Å². The lowest BCUT2D eigenvalue weighted by Gasteiger charge is -2.32. The highest BCUT2D eigenvalue weighted by Crippen LogP contribution is 2.08. The third-order valence-corrected chi connectivity index (χ3v) is 2.40. The highest BCUT2D eigenvalue weighted by atomic mass is 16.2. The average Bonchev–Trinajstić information content (AvgIpc) is 2.18. The minimum atomic E-state index is -0.0624. The second kappa shape index (κ2) is 4.83. The lowest BCUT2D eigenvalue weighted by atomic mass is 10.1. The maximum absolute atomic E-state index is 11.4. The van der Waals surface area contributed by atoms with Crippen molar-refractivity contribution in [2.75, 3.05) is 20.1 Å². The number of rotatable bonds is 3. The van der Waals surface area contributed by atoms with Crippen molar-refractivity contribution in [3.05, 3.63) is 0 Å². The molecule has 1 fully saturated rings. The van der Waals surface area contributed by atoms with Crippen LogP contribution in [0, 0.1) is 0 Å². The molecule has 80 valence electrons. The Morgan fingerprint density at radius 3 is 3.00 bits per heavy atom. The summed E-state index contributed by atoms with van der Waals surface area (Å²) in [5, 5.41) is 5.31. The number of carbonyl (C=O) groups is 2. The van der Waals surface area contributed by atoms with Crippen molar-refractivity contribution in [1.29, 1.82) is 0 Å². The van der Waals surface area contributed by atoms with Crippen LogP contribution in [0.2, 0.25) is 0 Å². The number of hydrogen-bond acceptors (Lipinski definition) is 2. The quantitative estimate of drug-likeness (QED) is 0.668. The van der Waals surface area contributed by atoms with E-state index < -0.39 is 0 Å². The first-order chi connectivity index (χ1) is 6.65. The van der Waals surface area contributed by atoms with Gasteiger partial charge in [0.25, 0.3) is 0 Å². The standard InChI is InChI=1S/C9H17N3O2/c1-7(6-8(13)10-2)12-5-3-4-11-9(12)14/h7H,3-6H2,1-2H3,(H,10,13)(H,11,14). The zero-order valence-corrected chi connectivity index (χ0v) is 8.67. The van der Waals surface area contributed by atoms with Gasteiger partial charge in [0.05, 0.1) is 0 Å². The molecule has 2 N–H and O–H groups in total. The number of carbonyl (C=O) groups excluding carboxylic acids is 2. The normalized spacial score (nSPS) is 18.7. The minimum Gasteiger partial charge on any atom is -0.359 e. The van der Waals surface area contributed by atoms with E-state index in [0.29, 0.717) is 6.42 Å². The Labute approximate surface area is 83.8 Å². The van der Waals surface area contributed by atoms with Crippen LogP contribution < -0.4 is 10.6 Å². The van der Waals surface area contributed by atoms with Crippen LogP contribution in [0.3, 0.4) is 0 Å². The zero-order chi connectivity index (χ0) is 10.6. The zero-order valence-electron chi connectivity index (χ0n) is 8.67. The molecule has 1 atom stereocenters. The summed E-state index contributed by atoms with van der Waals surface area (Å²) in [5.41, 5.74) is 0. The second-order valence-electron chi connectivity index (χ2n) is 3.51. The van der Waals surface area contributed by atoms with Crippen molar-refractivity contribution in [2.24, 2.45) is 0 Å². The van der Waals surface area contributed by atoms with Gasteiger partial charge in [-0.05, 0) is 13.3 Å². The Bertz CT molecular complexity index is 230. The second-order valence-corrected chi connectivity index (χ2v) is 3.51. The van der Waals surface area contributed by atoms with Gasteiger partial charge in [0.2, 0.25) is 5.91 Å². The van der Waals surface area contributed by atoms with Crippen molar-refractivity contribution in [3.63, 3.8) is 0 Å². The molecule has 1 aliphatic rings. The summed E-state index contributed by atoms with van der Waals surface area (Å²) in [5.74, 6) is -0.0316. The van der Waals surface area contributed by atoms with Gasteiger partial charge >= 0.3 is 6.03 Å². The predicted molar refractivity (Wildman–Crippen MR) is 52.9 cm³/mol. The molecule has 5 heteroatoms. The van der Waals surface area contributed by atoms with Gasteiger partial charge in [-0.15, -0.1) is 0 Å². The molecule has 1 aliphatic heterocycles. The van der Waals surface area contributed by atoms with E-state index in [1.54, 1.807) is 11.9 Å². The van der Waals surface area contributed by atoms with Gasteiger partial charge in [0, 0.05) is 32.6 Å². The maximum Gasteiger partial charge on any atom is 0.317 e. The van der Waals surface area contributed by atoms with Crippen LogP contribution in [0.25, 0.3) is 0 Å². The first-order valence-corrected chi connectivity index (χ1v) is 4.90. The molecular weight excluding hydrogens is 182 g/mol. The summed E-state index contributed by atoms with van der Waals surface area (Å²) in [4.78, 5) is 24.2. The van der Waals surface area contributed by atoms with Gasteiger partial charge in [-0.3, -0.25) is 4.79 Å². The molecule has 0 spiro atoms. The fourth-order valence-corrected chi connectivity index (χ4v) is 1.55. The molecule has 1 unspecified atom stereocenters. The van der Waals surface area contributed by atoms with Crippen LogP contribution in [0.1, 0.15) is 19.8 Å².